The molecule has 0 atom stereocenters. The second-order valence-corrected chi connectivity index (χ2v) is 4.34. The zero-order valence-corrected chi connectivity index (χ0v) is 10.3. The van der Waals surface area contributed by atoms with Gasteiger partial charge in [0, 0.05) is 10.7 Å². The number of pyridine rings is 1. The predicted molar refractivity (Wildman–Crippen MR) is 63.6 cm³/mol. The molecule has 81 valence electrons. The zero-order valence-electron chi connectivity index (χ0n) is 7.98. The first kappa shape index (κ1) is 11.2. The van der Waals surface area contributed by atoms with Gasteiger partial charge in [0.1, 0.15) is 10.8 Å². The summed E-state index contributed by atoms with van der Waals surface area (Å²) >= 11 is 9.18. The van der Waals surface area contributed by atoms with Crippen molar-refractivity contribution in [3.8, 4) is 17.4 Å². The summed E-state index contributed by atoms with van der Waals surface area (Å²) in [5.41, 5.74) is 0. The van der Waals surface area contributed by atoms with Crippen molar-refractivity contribution in [1.82, 2.24) is 4.98 Å². The fraction of sp³-hybridized carbons (Fsp3) is 0. The molecular formula is C11H6BrClNO2. The van der Waals surface area contributed by atoms with Gasteiger partial charge in [-0.1, -0.05) is 11.6 Å². The van der Waals surface area contributed by atoms with Crippen LogP contribution in [0.1, 0.15) is 0 Å². The molecule has 0 unspecified atom stereocenters. The fourth-order valence-corrected chi connectivity index (χ4v) is 1.76. The van der Waals surface area contributed by atoms with Crippen LogP contribution >= 0.6 is 27.5 Å². The van der Waals surface area contributed by atoms with Gasteiger partial charge in [-0.25, -0.2) is 4.98 Å². The maximum atomic E-state index is 10.9. The molecule has 3 nitrogen and oxygen atoms in total. The second kappa shape index (κ2) is 4.72. The Morgan fingerprint density at radius 1 is 1.25 bits per heavy atom. The monoisotopic (exact) mass is 298 g/mol. The Bertz CT molecular complexity index is 502. The van der Waals surface area contributed by atoms with Gasteiger partial charge in [0.25, 0.3) is 0 Å². The lowest BCUT2D eigenvalue weighted by Crippen LogP contribution is -1.88. The summed E-state index contributed by atoms with van der Waals surface area (Å²) in [6, 6.07) is 7.67. The molecule has 0 aliphatic rings. The van der Waals surface area contributed by atoms with Crippen molar-refractivity contribution in [2.75, 3.05) is 0 Å². The lowest BCUT2D eigenvalue weighted by Gasteiger charge is -2.05. The van der Waals surface area contributed by atoms with Crippen LogP contribution in [0.4, 0.5) is 0 Å². The van der Waals surface area contributed by atoms with Crippen LogP contribution in [0.15, 0.2) is 41.0 Å². The molecule has 0 saturated carbocycles. The number of benzene rings is 1. The standard InChI is InChI=1S/C11H6BrClNO2/c12-7-5-10(13)11(14-6-7)16-9-3-1-8(15)2-4-9/h1-6H. The molecule has 1 aromatic heterocycles. The first-order valence-corrected chi connectivity index (χ1v) is 5.58. The Kier molecular flexibility index (Phi) is 3.31. The lowest BCUT2D eigenvalue weighted by atomic mass is 10.3. The van der Waals surface area contributed by atoms with Crippen molar-refractivity contribution < 1.29 is 9.84 Å². The largest absolute Gasteiger partial charge is 0.438 e. The zero-order chi connectivity index (χ0) is 11.5. The van der Waals surface area contributed by atoms with Gasteiger partial charge in [-0.15, -0.1) is 0 Å². The van der Waals surface area contributed by atoms with Crippen LogP contribution in [0.3, 0.4) is 0 Å². The van der Waals surface area contributed by atoms with Crippen molar-refractivity contribution in [3.05, 3.63) is 46.0 Å². The molecule has 0 spiro atoms. The molecule has 5 heteroatoms. The van der Waals surface area contributed by atoms with Crippen LogP contribution in [-0.4, -0.2) is 4.98 Å². The topological polar surface area (TPSA) is 42.0 Å². The maximum Gasteiger partial charge on any atom is 0.238 e. The summed E-state index contributed by atoms with van der Waals surface area (Å²) in [4.78, 5) is 4.02. The average Bonchev–Trinajstić information content (AvgIpc) is 2.25. The number of nitrogens with zero attached hydrogens (tertiary/aromatic N) is 1. The maximum absolute atomic E-state index is 10.9. The highest BCUT2D eigenvalue weighted by atomic mass is 79.9. The summed E-state index contributed by atoms with van der Waals surface area (Å²) in [7, 11) is 0. The number of aromatic nitrogens is 1. The highest BCUT2D eigenvalue weighted by Crippen LogP contribution is 2.29. The summed E-state index contributed by atoms with van der Waals surface area (Å²) in [5, 5.41) is 11.3. The Morgan fingerprint density at radius 3 is 2.56 bits per heavy atom. The van der Waals surface area contributed by atoms with E-state index < -0.39 is 0 Å². The van der Waals surface area contributed by atoms with Gasteiger partial charge in [-0.05, 0) is 46.3 Å². The first-order chi connectivity index (χ1) is 7.65. The summed E-state index contributed by atoms with van der Waals surface area (Å²) in [6.45, 7) is 0. The predicted octanol–water partition coefficient (Wildman–Crippen LogP) is 4.43. The van der Waals surface area contributed by atoms with Crippen LogP contribution in [-0.2, 0) is 5.11 Å². The lowest BCUT2D eigenvalue weighted by molar-refractivity contribution is 0.353. The van der Waals surface area contributed by atoms with Gasteiger partial charge >= 0.3 is 0 Å². The molecule has 16 heavy (non-hydrogen) atoms. The van der Waals surface area contributed by atoms with E-state index in [4.69, 9.17) is 16.3 Å². The molecule has 1 aromatic carbocycles. The Morgan fingerprint density at radius 2 is 1.94 bits per heavy atom. The highest BCUT2D eigenvalue weighted by molar-refractivity contribution is 9.10. The number of ether oxygens (including phenoxy) is 1. The van der Waals surface area contributed by atoms with Crippen molar-refractivity contribution in [2.45, 2.75) is 0 Å². The molecule has 1 radical (unpaired) electrons. The van der Waals surface area contributed by atoms with E-state index in [0.29, 0.717) is 16.7 Å². The van der Waals surface area contributed by atoms with Gasteiger partial charge in [-0.2, -0.15) is 0 Å². The molecule has 0 fully saturated rings. The molecular weight excluding hydrogens is 293 g/mol. The summed E-state index contributed by atoms with van der Waals surface area (Å²) in [6.07, 6.45) is 1.59. The van der Waals surface area contributed by atoms with Crippen molar-refractivity contribution in [1.29, 1.82) is 0 Å². The third-order valence-electron chi connectivity index (χ3n) is 1.81. The SMILES string of the molecule is [O]c1ccc(Oc2ncc(Br)cc2Cl)cc1. The molecule has 0 saturated heterocycles. The van der Waals surface area contributed by atoms with Crippen LogP contribution in [0.25, 0.3) is 0 Å². The number of halogens is 2. The van der Waals surface area contributed by atoms with E-state index in [-0.39, 0.29) is 5.75 Å². The first-order valence-electron chi connectivity index (χ1n) is 4.41. The van der Waals surface area contributed by atoms with Gasteiger partial charge in [0.05, 0.1) is 0 Å². The Hall–Kier alpha value is -1.26. The van der Waals surface area contributed by atoms with E-state index >= 15 is 0 Å². The van der Waals surface area contributed by atoms with Crippen molar-refractivity contribution in [2.24, 2.45) is 0 Å². The molecule has 0 aliphatic carbocycles. The van der Waals surface area contributed by atoms with E-state index in [1.165, 1.54) is 12.1 Å². The van der Waals surface area contributed by atoms with E-state index in [1.54, 1.807) is 24.4 Å². The average molecular weight is 300 g/mol. The molecule has 0 N–H and O–H groups in total. The molecule has 2 aromatic rings. The van der Waals surface area contributed by atoms with Crippen LogP contribution in [0, 0.1) is 0 Å². The van der Waals surface area contributed by atoms with E-state index in [9.17, 15) is 5.11 Å². The van der Waals surface area contributed by atoms with Crippen LogP contribution in [0.5, 0.6) is 17.4 Å². The number of hydrogen-bond acceptors (Lipinski definition) is 2. The van der Waals surface area contributed by atoms with Crippen molar-refractivity contribution >= 4 is 27.5 Å². The van der Waals surface area contributed by atoms with Gasteiger partial charge in [0.15, 0.2) is 5.75 Å². The van der Waals surface area contributed by atoms with Gasteiger partial charge in [-0.3, -0.25) is 5.11 Å². The van der Waals surface area contributed by atoms with E-state index in [0.717, 1.165) is 4.47 Å². The van der Waals surface area contributed by atoms with E-state index in [1.807, 2.05) is 0 Å². The minimum absolute atomic E-state index is 0.0674. The summed E-state index contributed by atoms with van der Waals surface area (Å²) in [5.74, 6) is 0.766. The van der Waals surface area contributed by atoms with Crippen LogP contribution in [0.2, 0.25) is 5.02 Å². The molecule has 2 rings (SSSR count). The second-order valence-electron chi connectivity index (χ2n) is 3.01. The quantitative estimate of drug-likeness (QED) is 0.823. The summed E-state index contributed by atoms with van der Waals surface area (Å²) < 4.78 is 6.19. The fourth-order valence-electron chi connectivity index (χ4n) is 1.10. The number of rotatable bonds is 2. The Labute approximate surface area is 106 Å². The Balaban J connectivity index is 2.23. The van der Waals surface area contributed by atoms with Crippen molar-refractivity contribution in [3.63, 3.8) is 0 Å². The van der Waals surface area contributed by atoms with Gasteiger partial charge < -0.3 is 4.74 Å². The molecule has 1 heterocycles. The number of hydrogen-bond donors (Lipinski definition) is 0. The minimum Gasteiger partial charge on any atom is -0.438 e. The third kappa shape index (κ3) is 2.65. The smallest absolute Gasteiger partial charge is 0.238 e. The van der Waals surface area contributed by atoms with E-state index in [2.05, 4.69) is 20.9 Å². The third-order valence-corrected chi connectivity index (χ3v) is 2.52. The molecule has 0 aliphatic heterocycles. The molecule has 0 bridgehead atoms. The minimum atomic E-state index is -0.0674. The highest BCUT2D eigenvalue weighted by Gasteiger charge is 2.05. The normalized spacial score (nSPS) is 10.1. The van der Waals surface area contributed by atoms with Gasteiger partial charge in [0.2, 0.25) is 5.88 Å². The van der Waals surface area contributed by atoms with Crippen LogP contribution < -0.4 is 4.74 Å². The molecule has 0 amide bonds.